The molecule has 1 aromatic rings. The highest BCUT2D eigenvalue weighted by molar-refractivity contribution is 7.89. The smallest absolute Gasteiger partial charge is 0.240 e. The molecule has 0 amide bonds. The van der Waals surface area contributed by atoms with Crippen molar-refractivity contribution in [3.05, 3.63) is 29.6 Å². The van der Waals surface area contributed by atoms with Crippen LogP contribution in [-0.2, 0) is 16.6 Å². The largest absolute Gasteiger partial charge is 0.316 e. The lowest BCUT2D eigenvalue weighted by Gasteiger charge is -2.08. The maximum Gasteiger partial charge on any atom is 0.240 e. The summed E-state index contributed by atoms with van der Waals surface area (Å²) in [6.07, 6.45) is 1.76. The fourth-order valence-corrected chi connectivity index (χ4v) is 2.89. The van der Waals surface area contributed by atoms with E-state index < -0.39 is 15.8 Å². The molecule has 1 aliphatic carbocycles. The topological polar surface area (TPSA) is 58.2 Å². The van der Waals surface area contributed by atoms with Crippen LogP contribution < -0.4 is 10.0 Å². The molecule has 0 atom stereocenters. The molecule has 1 aliphatic rings. The Balaban J connectivity index is 2.28. The van der Waals surface area contributed by atoms with Crippen molar-refractivity contribution in [3.63, 3.8) is 0 Å². The predicted octanol–water partition coefficient (Wildman–Crippen LogP) is 0.986. The zero-order valence-electron chi connectivity index (χ0n) is 9.53. The van der Waals surface area contributed by atoms with Gasteiger partial charge in [0.05, 0.1) is 4.90 Å². The summed E-state index contributed by atoms with van der Waals surface area (Å²) in [5.41, 5.74) is 0.353. The summed E-state index contributed by atoms with van der Waals surface area (Å²) >= 11 is 0. The first-order valence-corrected chi connectivity index (χ1v) is 6.96. The molecule has 4 nitrogen and oxygen atoms in total. The quantitative estimate of drug-likeness (QED) is 0.828. The highest BCUT2D eigenvalue weighted by atomic mass is 32.2. The summed E-state index contributed by atoms with van der Waals surface area (Å²) in [6.45, 7) is 0.304. The normalized spacial score (nSPS) is 16.1. The van der Waals surface area contributed by atoms with Gasteiger partial charge in [-0.15, -0.1) is 0 Å². The van der Waals surface area contributed by atoms with Gasteiger partial charge in [0.1, 0.15) is 5.82 Å². The molecule has 0 heterocycles. The van der Waals surface area contributed by atoms with Gasteiger partial charge in [0.25, 0.3) is 0 Å². The van der Waals surface area contributed by atoms with Gasteiger partial charge < -0.3 is 5.32 Å². The SMILES string of the molecule is CNCc1cc(S(=O)(=O)NC2CC2)ccc1F. The number of hydrogen-bond donors (Lipinski definition) is 2. The number of nitrogens with one attached hydrogen (secondary N) is 2. The molecule has 0 spiro atoms. The molecule has 6 heteroatoms. The Hall–Kier alpha value is -0.980. The van der Waals surface area contributed by atoms with Gasteiger partial charge in [-0.3, -0.25) is 0 Å². The molecule has 0 radical (unpaired) electrons. The summed E-state index contributed by atoms with van der Waals surface area (Å²) in [6, 6.07) is 3.90. The standard InChI is InChI=1S/C11H15FN2O2S/c1-13-7-8-6-10(4-5-11(8)12)17(15,16)14-9-2-3-9/h4-6,9,13-14H,2-3,7H2,1H3. The van der Waals surface area contributed by atoms with E-state index in [-0.39, 0.29) is 10.9 Å². The predicted molar refractivity (Wildman–Crippen MR) is 62.5 cm³/mol. The van der Waals surface area contributed by atoms with Gasteiger partial charge in [-0.2, -0.15) is 0 Å². The number of rotatable bonds is 5. The molecular weight excluding hydrogens is 243 g/mol. The molecular formula is C11H15FN2O2S. The van der Waals surface area contributed by atoms with Crippen molar-refractivity contribution in [2.75, 3.05) is 7.05 Å². The molecule has 1 aromatic carbocycles. The third kappa shape index (κ3) is 3.02. The van der Waals surface area contributed by atoms with Gasteiger partial charge in [0, 0.05) is 18.2 Å². The van der Waals surface area contributed by atoms with Crippen molar-refractivity contribution < 1.29 is 12.8 Å². The second-order valence-electron chi connectivity index (χ2n) is 4.18. The Morgan fingerprint density at radius 2 is 2.12 bits per heavy atom. The van der Waals surface area contributed by atoms with Gasteiger partial charge in [-0.05, 0) is 38.1 Å². The van der Waals surface area contributed by atoms with Crippen LogP contribution in [0.3, 0.4) is 0 Å². The van der Waals surface area contributed by atoms with Crippen LogP contribution in [0.2, 0.25) is 0 Å². The summed E-state index contributed by atoms with van der Waals surface area (Å²) in [7, 11) is -1.82. The van der Waals surface area contributed by atoms with E-state index in [1.54, 1.807) is 7.05 Å². The van der Waals surface area contributed by atoms with E-state index in [1.807, 2.05) is 0 Å². The van der Waals surface area contributed by atoms with Crippen molar-refractivity contribution in [1.82, 2.24) is 10.0 Å². The van der Waals surface area contributed by atoms with Crippen LogP contribution in [0.15, 0.2) is 23.1 Å². The molecule has 17 heavy (non-hydrogen) atoms. The highest BCUT2D eigenvalue weighted by Gasteiger charge is 2.28. The first kappa shape index (κ1) is 12.5. The Morgan fingerprint density at radius 1 is 1.41 bits per heavy atom. The van der Waals surface area contributed by atoms with E-state index >= 15 is 0 Å². The number of sulfonamides is 1. The third-order valence-corrected chi connectivity index (χ3v) is 4.11. The number of halogens is 1. The van der Waals surface area contributed by atoms with E-state index in [1.165, 1.54) is 18.2 Å². The fraction of sp³-hybridized carbons (Fsp3) is 0.455. The van der Waals surface area contributed by atoms with Gasteiger partial charge in [-0.1, -0.05) is 0 Å². The van der Waals surface area contributed by atoms with Crippen molar-refractivity contribution >= 4 is 10.0 Å². The Labute approximate surface area is 100 Å². The molecule has 0 unspecified atom stereocenters. The molecule has 1 fully saturated rings. The third-order valence-electron chi connectivity index (χ3n) is 2.59. The summed E-state index contributed by atoms with van der Waals surface area (Å²) in [4.78, 5) is 0.121. The second-order valence-corrected chi connectivity index (χ2v) is 5.89. The van der Waals surface area contributed by atoms with Crippen LogP contribution >= 0.6 is 0 Å². The van der Waals surface area contributed by atoms with Crippen molar-refractivity contribution in [3.8, 4) is 0 Å². The molecule has 0 aliphatic heterocycles. The minimum Gasteiger partial charge on any atom is -0.316 e. The van der Waals surface area contributed by atoms with Crippen LogP contribution in [0.4, 0.5) is 4.39 Å². The summed E-state index contributed by atoms with van der Waals surface area (Å²) in [5, 5.41) is 2.80. The maximum atomic E-state index is 13.4. The molecule has 1 saturated carbocycles. The second kappa shape index (κ2) is 4.72. The van der Waals surface area contributed by atoms with Crippen molar-refractivity contribution in [2.24, 2.45) is 0 Å². The van der Waals surface area contributed by atoms with Gasteiger partial charge in [0.15, 0.2) is 0 Å². The molecule has 94 valence electrons. The molecule has 0 bridgehead atoms. The monoisotopic (exact) mass is 258 g/mol. The van der Waals surface area contributed by atoms with Gasteiger partial charge >= 0.3 is 0 Å². The lowest BCUT2D eigenvalue weighted by Crippen LogP contribution is -2.26. The summed E-state index contributed by atoms with van der Waals surface area (Å²) < 4.78 is 39.7. The van der Waals surface area contributed by atoms with E-state index in [0.29, 0.717) is 12.1 Å². The molecule has 0 saturated heterocycles. The lowest BCUT2D eigenvalue weighted by molar-refractivity contribution is 0.577. The Morgan fingerprint density at radius 3 is 2.71 bits per heavy atom. The maximum absolute atomic E-state index is 13.4. The van der Waals surface area contributed by atoms with Gasteiger partial charge in [-0.25, -0.2) is 17.5 Å². The first-order chi connectivity index (χ1) is 8.03. The van der Waals surface area contributed by atoms with E-state index in [0.717, 1.165) is 12.8 Å². The van der Waals surface area contributed by atoms with Crippen LogP contribution in [0, 0.1) is 5.82 Å². The fourth-order valence-electron chi connectivity index (χ4n) is 1.53. The van der Waals surface area contributed by atoms with Crippen molar-refractivity contribution in [2.45, 2.75) is 30.3 Å². The average molecular weight is 258 g/mol. The van der Waals surface area contributed by atoms with Crippen molar-refractivity contribution in [1.29, 1.82) is 0 Å². The lowest BCUT2D eigenvalue weighted by atomic mass is 10.2. The van der Waals surface area contributed by atoms with E-state index in [4.69, 9.17) is 0 Å². The van der Waals surface area contributed by atoms with E-state index in [9.17, 15) is 12.8 Å². The van der Waals surface area contributed by atoms with Crippen LogP contribution in [0.1, 0.15) is 18.4 Å². The Kier molecular flexibility index (Phi) is 3.46. The molecule has 2 rings (SSSR count). The first-order valence-electron chi connectivity index (χ1n) is 5.48. The van der Waals surface area contributed by atoms with Gasteiger partial charge in [0.2, 0.25) is 10.0 Å². The number of benzene rings is 1. The summed E-state index contributed by atoms with van der Waals surface area (Å²) in [5.74, 6) is -0.398. The van der Waals surface area contributed by atoms with E-state index in [2.05, 4.69) is 10.0 Å². The highest BCUT2D eigenvalue weighted by Crippen LogP contribution is 2.23. The van der Waals surface area contributed by atoms with Crippen LogP contribution in [-0.4, -0.2) is 21.5 Å². The minimum absolute atomic E-state index is 0.0535. The molecule has 2 N–H and O–H groups in total. The molecule has 0 aromatic heterocycles. The van der Waals surface area contributed by atoms with Crippen LogP contribution in [0.5, 0.6) is 0 Å². The zero-order chi connectivity index (χ0) is 12.5. The minimum atomic E-state index is -3.50. The Bertz CT molecular complexity index is 512. The average Bonchev–Trinajstić information content (AvgIpc) is 3.04. The van der Waals surface area contributed by atoms with Crippen LogP contribution in [0.25, 0.3) is 0 Å². The zero-order valence-corrected chi connectivity index (χ0v) is 10.3. The number of hydrogen-bond acceptors (Lipinski definition) is 3.